The Balaban J connectivity index is 1.78. The van der Waals surface area contributed by atoms with Gasteiger partial charge in [-0.05, 0) is 66.6 Å². The van der Waals surface area contributed by atoms with Crippen LogP contribution in [0.25, 0.3) is 11.1 Å². The molecule has 0 aromatic heterocycles. The SMILES string of the molecule is CCCCNC1(C(N)CCC)c2cc(C(=O)CC(=O)C3CCCCC3)ccc2-c2ccc([N+](=O)[O-])cc21. The first kappa shape index (κ1) is 27.1. The summed E-state index contributed by atoms with van der Waals surface area (Å²) in [5.74, 6) is -0.143. The quantitative estimate of drug-likeness (QED) is 0.119. The third-order valence-electron chi connectivity index (χ3n) is 8.18. The summed E-state index contributed by atoms with van der Waals surface area (Å²) in [6, 6.07) is 10.2. The zero-order valence-electron chi connectivity index (χ0n) is 22.1. The molecule has 2 atom stereocenters. The summed E-state index contributed by atoms with van der Waals surface area (Å²) < 4.78 is 0. The van der Waals surface area contributed by atoms with Gasteiger partial charge in [-0.25, -0.2) is 0 Å². The highest BCUT2D eigenvalue weighted by Gasteiger charge is 2.48. The molecular formula is C30H39N3O4. The first-order valence-corrected chi connectivity index (χ1v) is 13.8. The molecule has 4 rings (SSSR count). The highest BCUT2D eigenvalue weighted by atomic mass is 16.6. The van der Waals surface area contributed by atoms with Gasteiger partial charge in [0.2, 0.25) is 0 Å². The van der Waals surface area contributed by atoms with E-state index in [0.717, 1.165) is 73.6 Å². The summed E-state index contributed by atoms with van der Waals surface area (Å²) in [6.45, 7) is 4.87. The standard InChI is InChI=1S/C30H39N3O4/c1-3-5-16-32-30(29(31)9-4-2)25-17-21(28(35)19-27(34)20-10-7-6-8-11-20)12-14-23(25)24-15-13-22(33(36)37)18-26(24)30/h12-15,17-18,20,29,32H,3-11,16,19,31H2,1-2H3. The van der Waals surface area contributed by atoms with Gasteiger partial charge in [0.15, 0.2) is 5.78 Å². The van der Waals surface area contributed by atoms with Gasteiger partial charge >= 0.3 is 0 Å². The van der Waals surface area contributed by atoms with E-state index < -0.39 is 5.54 Å². The fourth-order valence-electron chi connectivity index (χ4n) is 6.17. The Labute approximate surface area is 219 Å². The van der Waals surface area contributed by atoms with Crippen LogP contribution in [0.5, 0.6) is 0 Å². The summed E-state index contributed by atoms with van der Waals surface area (Å²) in [5, 5.41) is 15.4. The number of fused-ring (bicyclic) bond motifs is 3. The summed E-state index contributed by atoms with van der Waals surface area (Å²) in [7, 11) is 0. The molecule has 7 heteroatoms. The van der Waals surface area contributed by atoms with Gasteiger partial charge in [0.05, 0.1) is 16.9 Å². The minimum atomic E-state index is -0.856. The molecule has 0 amide bonds. The number of hydrogen-bond acceptors (Lipinski definition) is 6. The highest BCUT2D eigenvalue weighted by molar-refractivity contribution is 6.09. The fraction of sp³-hybridized carbons (Fsp3) is 0.533. The van der Waals surface area contributed by atoms with E-state index in [-0.39, 0.29) is 40.6 Å². The number of hydrogen-bond donors (Lipinski definition) is 2. The predicted molar refractivity (Wildman–Crippen MR) is 146 cm³/mol. The molecule has 0 aliphatic heterocycles. The molecule has 0 bridgehead atoms. The molecule has 2 unspecified atom stereocenters. The Morgan fingerprint density at radius 3 is 2.38 bits per heavy atom. The molecule has 2 aliphatic carbocycles. The van der Waals surface area contributed by atoms with Crippen LogP contribution in [0.3, 0.4) is 0 Å². The Kier molecular flexibility index (Phi) is 8.55. The lowest BCUT2D eigenvalue weighted by molar-refractivity contribution is -0.384. The Bertz CT molecular complexity index is 1170. The maximum atomic E-state index is 13.3. The molecule has 0 spiro atoms. The summed E-state index contributed by atoms with van der Waals surface area (Å²) in [5.41, 5.74) is 10.0. The number of nitrogens with two attached hydrogens (primary N) is 1. The topological polar surface area (TPSA) is 115 Å². The molecule has 1 fully saturated rings. The highest BCUT2D eigenvalue weighted by Crippen LogP contribution is 2.51. The first-order chi connectivity index (χ1) is 17.8. The van der Waals surface area contributed by atoms with Crippen molar-refractivity contribution in [2.75, 3.05) is 6.54 Å². The van der Waals surface area contributed by atoms with E-state index in [1.807, 2.05) is 12.1 Å². The molecule has 0 radical (unpaired) electrons. The van der Waals surface area contributed by atoms with Crippen molar-refractivity contribution < 1.29 is 14.5 Å². The summed E-state index contributed by atoms with van der Waals surface area (Å²) >= 11 is 0. The van der Waals surface area contributed by atoms with Crippen LogP contribution in [0.4, 0.5) is 5.69 Å². The maximum absolute atomic E-state index is 13.3. The average molecular weight is 506 g/mol. The molecule has 7 nitrogen and oxygen atoms in total. The van der Waals surface area contributed by atoms with Gasteiger partial charge < -0.3 is 11.1 Å². The lowest BCUT2D eigenvalue weighted by atomic mass is 9.78. The zero-order chi connectivity index (χ0) is 26.6. The van der Waals surface area contributed by atoms with Crippen molar-refractivity contribution in [1.82, 2.24) is 5.32 Å². The van der Waals surface area contributed by atoms with E-state index in [2.05, 4.69) is 19.2 Å². The maximum Gasteiger partial charge on any atom is 0.269 e. The summed E-state index contributed by atoms with van der Waals surface area (Å²) in [6.07, 6.45) is 8.40. The van der Waals surface area contributed by atoms with E-state index in [1.165, 1.54) is 6.07 Å². The van der Waals surface area contributed by atoms with Gasteiger partial charge in [0.1, 0.15) is 5.78 Å². The van der Waals surface area contributed by atoms with Gasteiger partial charge in [-0.3, -0.25) is 19.7 Å². The number of Topliss-reactive ketones (excluding diaryl/α,β-unsaturated/α-hetero) is 2. The number of rotatable bonds is 12. The molecular weight excluding hydrogens is 466 g/mol. The number of non-ortho nitro benzene ring substituents is 1. The van der Waals surface area contributed by atoms with Crippen molar-refractivity contribution in [2.45, 2.75) is 89.6 Å². The smallest absolute Gasteiger partial charge is 0.269 e. The largest absolute Gasteiger partial charge is 0.326 e. The lowest BCUT2D eigenvalue weighted by Gasteiger charge is -2.39. The van der Waals surface area contributed by atoms with Crippen molar-refractivity contribution >= 4 is 17.3 Å². The first-order valence-electron chi connectivity index (χ1n) is 13.8. The number of nitrogens with one attached hydrogen (secondary N) is 1. The second kappa shape index (κ2) is 11.7. The van der Waals surface area contributed by atoms with Crippen LogP contribution < -0.4 is 11.1 Å². The van der Waals surface area contributed by atoms with Crippen molar-refractivity contribution in [3.05, 3.63) is 63.2 Å². The van der Waals surface area contributed by atoms with Gasteiger partial charge in [-0.15, -0.1) is 0 Å². The van der Waals surface area contributed by atoms with Crippen molar-refractivity contribution in [3.63, 3.8) is 0 Å². The van der Waals surface area contributed by atoms with Crippen LogP contribution in [0, 0.1) is 16.0 Å². The number of benzene rings is 2. The Hall–Kier alpha value is -2.90. The monoisotopic (exact) mass is 505 g/mol. The lowest BCUT2D eigenvalue weighted by Crippen LogP contribution is -2.55. The molecule has 37 heavy (non-hydrogen) atoms. The van der Waals surface area contributed by atoms with Crippen LogP contribution in [-0.2, 0) is 10.3 Å². The van der Waals surface area contributed by atoms with E-state index in [0.29, 0.717) is 18.5 Å². The number of carbonyl (C=O) groups is 2. The Morgan fingerprint density at radius 2 is 1.73 bits per heavy atom. The molecule has 2 aliphatic rings. The van der Waals surface area contributed by atoms with Gasteiger partial charge in [0, 0.05) is 29.7 Å². The number of nitro groups is 1. The number of nitrogens with zero attached hydrogens (tertiary/aromatic N) is 1. The average Bonchev–Trinajstić information content (AvgIpc) is 3.18. The van der Waals surface area contributed by atoms with E-state index >= 15 is 0 Å². The number of carbonyl (C=O) groups excluding carboxylic acids is 2. The van der Waals surface area contributed by atoms with Crippen LogP contribution in [0.15, 0.2) is 36.4 Å². The second-order valence-electron chi connectivity index (χ2n) is 10.6. The molecule has 3 N–H and O–H groups in total. The van der Waals surface area contributed by atoms with E-state index in [1.54, 1.807) is 18.2 Å². The summed E-state index contributed by atoms with van der Waals surface area (Å²) in [4.78, 5) is 37.5. The van der Waals surface area contributed by atoms with Crippen molar-refractivity contribution in [1.29, 1.82) is 0 Å². The van der Waals surface area contributed by atoms with Gasteiger partial charge in [-0.2, -0.15) is 0 Å². The van der Waals surface area contributed by atoms with Gasteiger partial charge in [0.25, 0.3) is 5.69 Å². The predicted octanol–water partition coefficient (Wildman–Crippen LogP) is 6.06. The van der Waals surface area contributed by atoms with Crippen LogP contribution >= 0.6 is 0 Å². The minimum Gasteiger partial charge on any atom is -0.326 e. The minimum absolute atomic E-state index is 0.00953. The van der Waals surface area contributed by atoms with Crippen LogP contribution in [0.1, 0.15) is 99.5 Å². The third-order valence-corrected chi connectivity index (χ3v) is 8.18. The van der Waals surface area contributed by atoms with E-state index in [4.69, 9.17) is 5.73 Å². The fourth-order valence-corrected chi connectivity index (χ4v) is 6.17. The van der Waals surface area contributed by atoms with Crippen LogP contribution in [-0.4, -0.2) is 29.1 Å². The Morgan fingerprint density at radius 1 is 1.05 bits per heavy atom. The second-order valence-corrected chi connectivity index (χ2v) is 10.6. The van der Waals surface area contributed by atoms with Crippen molar-refractivity contribution in [3.8, 4) is 11.1 Å². The molecule has 2 aromatic carbocycles. The number of unbranched alkanes of at least 4 members (excludes halogenated alkanes) is 1. The van der Waals surface area contributed by atoms with Crippen LogP contribution in [0.2, 0.25) is 0 Å². The zero-order valence-corrected chi connectivity index (χ0v) is 22.1. The van der Waals surface area contributed by atoms with Gasteiger partial charge in [-0.1, -0.05) is 58.1 Å². The molecule has 2 aromatic rings. The number of ketones is 2. The molecule has 0 saturated heterocycles. The number of nitro benzene ring substituents is 1. The van der Waals surface area contributed by atoms with E-state index in [9.17, 15) is 19.7 Å². The molecule has 0 heterocycles. The third kappa shape index (κ3) is 5.25. The molecule has 1 saturated carbocycles. The van der Waals surface area contributed by atoms with Crippen molar-refractivity contribution in [2.24, 2.45) is 11.7 Å². The normalized spacial score (nSPS) is 19.8. The molecule has 198 valence electrons.